The van der Waals surface area contributed by atoms with Crippen molar-refractivity contribution in [3.8, 4) is 22.5 Å². The molecule has 35 heavy (non-hydrogen) atoms. The number of thiazole rings is 1. The fourth-order valence-corrected chi connectivity index (χ4v) is 5.42. The molecule has 1 aliphatic rings. The van der Waals surface area contributed by atoms with Gasteiger partial charge in [-0.25, -0.2) is 9.37 Å². The first-order valence-corrected chi connectivity index (χ1v) is 12.6. The average molecular weight is 487 g/mol. The maximum Gasteiger partial charge on any atom is 0.253 e. The van der Waals surface area contributed by atoms with Crippen LogP contribution in [0, 0.1) is 12.7 Å². The first-order chi connectivity index (χ1) is 17.0. The van der Waals surface area contributed by atoms with Crippen molar-refractivity contribution in [1.82, 2.24) is 20.2 Å². The molecule has 1 aliphatic heterocycles. The third-order valence-electron chi connectivity index (χ3n) is 6.32. The molecule has 7 heteroatoms. The number of hydrogen-bond acceptors (Lipinski definition) is 5. The number of pyridine rings is 1. The van der Waals surface area contributed by atoms with Gasteiger partial charge in [-0.3, -0.25) is 14.7 Å². The Balaban J connectivity index is 1.13. The number of nitrogens with zero attached hydrogens (tertiary/aromatic N) is 3. The monoisotopic (exact) mass is 486 g/mol. The first kappa shape index (κ1) is 23.3. The number of benzene rings is 2. The predicted molar refractivity (Wildman–Crippen MR) is 138 cm³/mol. The average Bonchev–Trinajstić information content (AvgIpc) is 3.25. The van der Waals surface area contributed by atoms with E-state index in [0.717, 1.165) is 48.7 Å². The molecule has 0 saturated carbocycles. The second-order valence-electron chi connectivity index (χ2n) is 8.84. The molecule has 0 aliphatic carbocycles. The number of rotatable bonds is 6. The molecule has 3 heterocycles. The van der Waals surface area contributed by atoms with Gasteiger partial charge in [0.1, 0.15) is 10.8 Å². The number of aromatic nitrogens is 2. The maximum absolute atomic E-state index is 13.5. The number of amides is 1. The highest BCUT2D eigenvalue weighted by Gasteiger charge is 2.22. The smallest absolute Gasteiger partial charge is 0.253 e. The highest BCUT2D eigenvalue weighted by Crippen LogP contribution is 2.28. The van der Waals surface area contributed by atoms with Crippen LogP contribution in [0.25, 0.3) is 22.5 Å². The quantitative estimate of drug-likeness (QED) is 0.379. The van der Waals surface area contributed by atoms with Crippen molar-refractivity contribution < 1.29 is 9.18 Å². The highest BCUT2D eigenvalue weighted by molar-refractivity contribution is 7.12. The molecule has 0 spiro atoms. The molecule has 0 radical (unpaired) electrons. The lowest BCUT2D eigenvalue weighted by Gasteiger charge is -2.31. The van der Waals surface area contributed by atoms with Crippen LogP contribution < -0.4 is 5.32 Å². The minimum Gasteiger partial charge on any atom is -0.349 e. The van der Waals surface area contributed by atoms with Crippen molar-refractivity contribution in [3.05, 3.63) is 94.2 Å². The number of likely N-dealkylation sites (tertiary alicyclic amines) is 1. The number of carbonyl (C=O) groups is 1. The van der Waals surface area contributed by atoms with Crippen LogP contribution in [0.2, 0.25) is 0 Å². The molecule has 2 aromatic carbocycles. The minimum atomic E-state index is -0.306. The van der Waals surface area contributed by atoms with Gasteiger partial charge in [0.25, 0.3) is 5.91 Å². The van der Waals surface area contributed by atoms with E-state index in [1.165, 1.54) is 17.0 Å². The van der Waals surface area contributed by atoms with E-state index in [4.69, 9.17) is 4.98 Å². The Hall–Kier alpha value is -3.42. The molecule has 4 aromatic rings. The summed E-state index contributed by atoms with van der Waals surface area (Å²) in [6.07, 6.45) is 3.35. The summed E-state index contributed by atoms with van der Waals surface area (Å²) in [6, 6.07) is 20.2. The normalized spacial score (nSPS) is 14.7. The molecule has 0 bridgehead atoms. The van der Waals surface area contributed by atoms with Gasteiger partial charge >= 0.3 is 0 Å². The lowest BCUT2D eigenvalue weighted by molar-refractivity contribution is 0.0908. The van der Waals surface area contributed by atoms with E-state index in [2.05, 4.69) is 34.3 Å². The molecule has 0 unspecified atom stereocenters. The molecule has 5 nitrogen and oxygen atoms in total. The van der Waals surface area contributed by atoms with Gasteiger partial charge in [0.2, 0.25) is 0 Å². The minimum absolute atomic E-state index is 0.121. The van der Waals surface area contributed by atoms with Crippen LogP contribution in [-0.4, -0.2) is 39.9 Å². The van der Waals surface area contributed by atoms with Crippen LogP contribution >= 0.6 is 11.3 Å². The highest BCUT2D eigenvalue weighted by atomic mass is 32.1. The first-order valence-electron chi connectivity index (χ1n) is 11.8. The van der Waals surface area contributed by atoms with Crippen LogP contribution in [0.1, 0.15) is 33.1 Å². The third-order valence-corrected chi connectivity index (χ3v) is 7.27. The van der Waals surface area contributed by atoms with Crippen molar-refractivity contribution in [2.24, 2.45) is 0 Å². The van der Waals surface area contributed by atoms with Gasteiger partial charge in [-0.05, 0) is 44.0 Å². The zero-order valence-electron chi connectivity index (χ0n) is 19.6. The summed E-state index contributed by atoms with van der Waals surface area (Å²) in [5.41, 5.74) is 4.08. The Morgan fingerprint density at radius 2 is 1.83 bits per heavy atom. The molecule has 1 saturated heterocycles. The second kappa shape index (κ2) is 10.5. The van der Waals surface area contributed by atoms with Crippen molar-refractivity contribution >= 4 is 17.2 Å². The van der Waals surface area contributed by atoms with Crippen molar-refractivity contribution in [3.63, 3.8) is 0 Å². The zero-order chi connectivity index (χ0) is 24.2. The predicted octanol–water partition coefficient (Wildman–Crippen LogP) is 5.71. The van der Waals surface area contributed by atoms with E-state index in [-0.39, 0.29) is 17.8 Å². The Labute approximate surface area is 208 Å². The van der Waals surface area contributed by atoms with Crippen LogP contribution in [0.5, 0.6) is 0 Å². The van der Waals surface area contributed by atoms with Gasteiger partial charge in [0.15, 0.2) is 0 Å². The van der Waals surface area contributed by atoms with Crippen LogP contribution in [0.4, 0.5) is 4.39 Å². The lowest BCUT2D eigenvalue weighted by Crippen LogP contribution is -2.44. The zero-order valence-corrected chi connectivity index (χ0v) is 20.4. The number of piperidine rings is 1. The molecular formula is C28H27FN4OS. The van der Waals surface area contributed by atoms with Crippen LogP contribution in [-0.2, 0) is 6.54 Å². The van der Waals surface area contributed by atoms with Gasteiger partial charge in [-0.15, -0.1) is 11.3 Å². The van der Waals surface area contributed by atoms with Gasteiger partial charge in [0.05, 0.1) is 23.5 Å². The van der Waals surface area contributed by atoms with Crippen LogP contribution in [0.3, 0.4) is 0 Å². The summed E-state index contributed by atoms with van der Waals surface area (Å²) in [5, 5.41) is 4.28. The number of halogens is 1. The molecular weight excluding hydrogens is 459 g/mol. The Bertz CT molecular complexity index is 1300. The standard InChI is InChI=1S/C28H27FN4OS/c1-19-27(20-6-3-2-4-7-20)32-26(35-19)18-33-14-12-24(13-15-33)31-28(34)22-10-11-25(30-17-22)21-8-5-9-23(29)16-21/h2-11,16-17,24H,12-15,18H2,1H3,(H,31,34). The summed E-state index contributed by atoms with van der Waals surface area (Å²) in [5.74, 6) is -0.427. The molecule has 1 N–H and O–H groups in total. The molecule has 1 fully saturated rings. The van der Waals surface area contributed by atoms with E-state index in [1.54, 1.807) is 41.8 Å². The fraction of sp³-hybridized carbons (Fsp3) is 0.250. The van der Waals surface area contributed by atoms with Gasteiger partial charge < -0.3 is 5.32 Å². The van der Waals surface area contributed by atoms with Gasteiger partial charge in [0, 0.05) is 41.3 Å². The number of carbonyl (C=O) groups excluding carboxylic acids is 1. The number of aryl methyl sites for hydroxylation is 1. The Kier molecular flexibility index (Phi) is 6.97. The lowest BCUT2D eigenvalue weighted by atomic mass is 10.0. The van der Waals surface area contributed by atoms with Gasteiger partial charge in [-0.2, -0.15) is 0 Å². The molecule has 2 aromatic heterocycles. The number of nitrogens with one attached hydrogen (secondary N) is 1. The largest absolute Gasteiger partial charge is 0.349 e. The number of hydrogen-bond donors (Lipinski definition) is 1. The van der Waals surface area contributed by atoms with Crippen molar-refractivity contribution in [1.29, 1.82) is 0 Å². The third kappa shape index (κ3) is 5.63. The summed E-state index contributed by atoms with van der Waals surface area (Å²) < 4.78 is 13.5. The summed E-state index contributed by atoms with van der Waals surface area (Å²) in [4.78, 5) is 25.6. The Morgan fingerprint density at radius 1 is 1.06 bits per heavy atom. The van der Waals surface area contributed by atoms with E-state index in [1.807, 2.05) is 18.2 Å². The molecule has 1 amide bonds. The summed E-state index contributed by atoms with van der Waals surface area (Å²) in [7, 11) is 0. The fourth-order valence-electron chi connectivity index (χ4n) is 4.42. The van der Waals surface area contributed by atoms with E-state index < -0.39 is 0 Å². The van der Waals surface area contributed by atoms with E-state index >= 15 is 0 Å². The van der Waals surface area contributed by atoms with Crippen molar-refractivity contribution in [2.45, 2.75) is 32.4 Å². The van der Waals surface area contributed by atoms with Crippen LogP contribution in [0.15, 0.2) is 72.9 Å². The van der Waals surface area contributed by atoms with E-state index in [9.17, 15) is 9.18 Å². The SMILES string of the molecule is Cc1sc(CN2CCC(NC(=O)c3ccc(-c4cccc(F)c4)nc3)CC2)nc1-c1ccccc1. The van der Waals surface area contributed by atoms with E-state index in [0.29, 0.717) is 16.8 Å². The maximum atomic E-state index is 13.5. The topological polar surface area (TPSA) is 58.1 Å². The van der Waals surface area contributed by atoms with Gasteiger partial charge in [-0.1, -0.05) is 42.5 Å². The second-order valence-corrected chi connectivity index (χ2v) is 10.1. The molecule has 5 rings (SSSR count). The molecule has 178 valence electrons. The van der Waals surface area contributed by atoms with Crippen molar-refractivity contribution in [2.75, 3.05) is 13.1 Å². The summed E-state index contributed by atoms with van der Waals surface area (Å²) >= 11 is 1.76. The summed E-state index contributed by atoms with van der Waals surface area (Å²) in [6.45, 7) is 4.80. The Morgan fingerprint density at radius 3 is 2.54 bits per heavy atom. The molecule has 0 atom stereocenters.